The molecule has 106 valence electrons. The highest BCUT2D eigenvalue weighted by Gasteiger charge is 2.04. The molecule has 0 atom stereocenters. The lowest BCUT2D eigenvalue weighted by Crippen LogP contribution is -2.02. The second-order valence-electron chi connectivity index (χ2n) is 4.47. The molecule has 2 rings (SSSR count). The first-order chi connectivity index (χ1) is 9.70. The van der Waals surface area contributed by atoms with Crippen molar-refractivity contribution >= 4 is 5.69 Å². The normalized spacial score (nSPS) is 10.5. The molecular formula is C16H18FNO2. The van der Waals surface area contributed by atoms with Gasteiger partial charge in [0.1, 0.15) is 0 Å². The fourth-order valence-electron chi connectivity index (χ4n) is 1.93. The summed E-state index contributed by atoms with van der Waals surface area (Å²) in [6.07, 6.45) is 0.741. The van der Waals surface area contributed by atoms with Gasteiger partial charge in [-0.25, -0.2) is 4.39 Å². The Bertz CT molecular complexity index is 572. The molecule has 0 unspecified atom stereocenters. The smallest absolute Gasteiger partial charge is 0.165 e. The van der Waals surface area contributed by atoms with Crippen LogP contribution in [0.4, 0.5) is 10.1 Å². The van der Waals surface area contributed by atoms with Crippen LogP contribution in [0.3, 0.4) is 0 Å². The third kappa shape index (κ3) is 3.71. The van der Waals surface area contributed by atoms with Crippen molar-refractivity contribution in [1.29, 1.82) is 0 Å². The van der Waals surface area contributed by atoms with Crippen LogP contribution in [0.2, 0.25) is 0 Å². The van der Waals surface area contributed by atoms with Crippen LogP contribution in [0.15, 0.2) is 42.5 Å². The van der Waals surface area contributed by atoms with Crippen LogP contribution in [0.1, 0.15) is 11.1 Å². The summed E-state index contributed by atoms with van der Waals surface area (Å²) in [6.45, 7) is 0.912. The lowest BCUT2D eigenvalue weighted by atomic mass is 10.1. The number of halogens is 1. The number of anilines is 1. The van der Waals surface area contributed by atoms with Crippen molar-refractivity contribution in [2.75, 3.05) is 19.5 Å². The predicted molar refractivity (Wildman–Crippen MR) is 77.2 cm³/mol. The largest absolute Gasteiger partial charge is 0.494 e. The molecule has 0 fully saturated rings. The molecule has 0 aromatic heterocycles. The van der Waals surface area contributed by atoms with Gasteiger partial charge in [0.15, 0.2) is 11.6 Å². The third-order valence-electron chi connectivity index (χ3n) is 3.06. The van der Waals surface area contributed by atoms with Crippen LogP contribution in [-0.4, -0.2) is 13.7 Å². The van der Waals surface area contributed by atoms with Gasteiger partial charge in [-0.3, -0.25) is 0 Å². The zero-order valence-electron chi connectivity index (χ0n) is 11.4. The number of ether oxygens (including phenoxy) is 2. The van der Waals surface area contributed by atoms with Crippen molar-refractivity contribution in [2.24, 2.45) is 0 Å². The molecule has 2 aromatic carbocycles. The molecule has 0 aliphatic heterocycles. The van der Waals surface area contributed by atoms with Gasteiger partial charge < -0.3 is 15.2 Å². The summed E-state index contributed by atoms with van der Waals surface area (Å²) in [5, 5.41) is 0. The number of methoxy groups -OCH3 is 1. The van der Waals surface area contributed by atoms with Gasteiger partial charge in [-0.05, 0) is 35.7 Å². The van der Waals surface area contributed by atoms with E-state index >= 15 is 0 Å². The minimum atomic E-state index is -0.374. The molecule has 0 spiro atoms. The highest BCUT2D eigenvalue weighted by molar-refractivity contribution is 5.46. The summed E-state index contributed by atoms with van der Waals surface area (Å²) in [5.74, 6) is -0.133. The second-order valence-corrected chi connectivity index (χ2v) is 4.47. The van der Waals surface area contributed by atoms with E-state index in [1.165, 1.54) is 13.2 Å². The van der Waals surface area contributed by atoms with Gasteiger partial charge in [0.2, 0.25) is 0 Å². The number of rotatable bonds is 6. The molecule has 0 radical (unpaired) electrons. The number of hydrogen-bond acceptors (Lipinski definition) is 3. The van der Waals surface area contributed by atoms with Gasteiger partial charge in [-0.1, -0.05) is 24.3 Å². The third-order valence-corrected chi connectivity index (χ3v) is 3.06. The number of benzene rings is 2. The number of nitrogens with two attached hydrogens (primary N) is 1. The monoisotopic (exact) mass is 275 g/mol. The van der Waals surface area contributed by atoms with Crippen LogP contribution in [-0.2, 0) is 17.8 Å². The molecule has 0 heterocycles. The average Bonchev–Trinajstić information content (AvgIpc) is 2.45. The van der Waals surface area contributed by atoms with E-state index in [-0.39, 0.29) is 11.6 Å². The molecule has 0 bridgehead atoms. The van der Waals surface area contributed by atoms with Gasteiger partial charge >= 0.3 is 0 Å². The Morgan fingerprint density at radius 2 is 1.95 bits per heavy atom. The summed E-state index contributed by atoms with van der Waals surface area (Å²) in [7, 11) is 1.44. The topological polar surface area (TPSA) is 44.5 Å². The lowest BCUT2D eigenvalue weighted by Gasteiger charge is -2.08. The van der Waals surface area contributed by atoms with E-state index in [1.807, 2.05) is 24.3 Å². The number of para-hydroxylation sites is 1. The van der Waals surface area contributed by atoms with E-state index in [9.17, 15) is 4.39 Å². The molecular weight excluding hydrogens is 257 g/mol. The summed E-state index contributed by atoms with van der Waals surface area (Å²) in [6, 6.07) is 12.5. The number of nitrogen functional groups attached to an aromatic ring is 1. The highest BCUT2D eigenvalue weighted by Crippen LogP contribution is 2.18. The van der Waals surface area contributed by atoms with Crippen molar-refractivity contribution in [1.82, 2.24) is 0 Å². The molecule has 0 aliphatic rings. The maximum Gasteiger partial charge on any atom is 0.165 e. The minimum Gasteiger partial charge on any atom is -0.494 e. The summed E-state index contributed by atoms with van der Waals surface area (Å²) in [5.41, 5.74) is 8.46. The van der Waals surface area contributed by atoms with E-state index in [1.54, 1.807) is 12.1 Å². The van der Waals surface area contributed by atoms with Crippen LogP contribution in [0.5, 0.6) is 5.75 Å². The van der Waals surface area contributed by atoms with Crippen molar-refractivity contribution in [3.05, 3.63) is 59.4 Å². The minimum absolute atomic E-state index is 0.241. The standard InChI is InChI=1S/C16H18FNO2/c1-19-16-7-6-12(10-14(16)17)11-20-9-8-13-4-2-3-5-15(13)18/h2-7,10H,8-9,11,18H2,1H3. The number of hydrogen-bond donors (Lipinski definition) is 1. The van der Waals surface area contributed by atoms with E-state index in [2.05, 4.69) is 0 Å². The zero-order valence-corrected chi connectivity index (χ0v) is 11.4. The molecule has 3 nitrogen and oxygen atoms in total. The van der Waals surface area contributed by atoms with Crippen LogP contribution < -0.4 is 10.5 Å². The van der Waals surface area contributed by atoms with E-state index in [0.29, 0.717) is 13.2 Å². The zero-order chi connectivity index (χ0) is 14.4. The second kappa shape index (κ2) is 6.91. The Hall–Kier alpha value is -2.07. The van der Waals surface area contributed by atoms with Crippen molar-refractivity contribution in [2.45, 2.75) is 13.0 Å². The SMILES string of the molecule is COc1ccc(COCCc2ccccc2N)cc1F. The van der Waals surface area contributed by atoms with E-state index in [4.69, 9.17) is 15.2 Å². The van der Waals surface area contributed by atoms with Crippen LogP contribution >= 0.6 is 0 Å². The Kier molecular flexibility index (Phi) is 4.96. The van der Waals surface area contributed by atoms with E-state index in [0.717, 1.165) is 23.2 Å². The van der Waals surface area contributed by atoms with Crippen LogP contribution in [0, 0.1) is 5.82 Å². The van der Waals surface area contributed by atoms with Crippen molar-refractivity contribution < 1.29 is 13.9 Å². The molecule has 2 N–H and O–H groups in total. The Balaban J connectivity index is 1.82. The van der Waals surface area contributed by atoms with Gasteiger partial charge in [0, 0.05) is 5.69 Å². The highest BCUT2D eigenvalue weighted by atomic mass is 19.1. The molecule has 0 amide bonds. The quantitative estimate of drug-likeness (QED) is 0.650. The fourth-order valence-corrected chi connectivity index (χ4v) is 1.93. The summed E-state index contributed by atoms with van der Waals surface area (Å²) >= 11 is 0. The summed E-state index contributed by atoms with van der Waals surface area (Å²) < 4.78 is 23.9. The molecule has 20 heavy (non-hydrogen) atoms. The molecule has 0 saturated heterocycles. The molecule has 4 heteroatoms. The Morgan fingerprint density at radius 3 is 2.65 bits per heavy atom. The summed E-state index contributed by atoms with van der Waals surface area (Å²) in [4.78, 5) is 0. The fraction of sp³-hybridized carbons (Fsp3) is 0.250. The van der Waals surface area contributed by atoms with E-state index < -0.39 is 0 Å². The maximum atomic E-state index is 13.5. The predicted octanol–water partition coefficient (Wildman–Crippen LogP) is 3.18. The Labute approximate surface area is 118 Å². The first-order valence-corrected chi connectivity index (χ1v) is 6.44. The molecule has 0 saturated carbocycles. The first-order valence-electron chi connectivity index (χ1n) is 6.44. The van der Waals surface area contributed by atoms with Crippen molar-refractivity contribution in [3.8, 4) is 5.75 Å². The first kappa shape index (κ1) is 14.3. The molecule has 2 aromatic rings. The lowest BCUT2D eigenvalue weighted by molar-refractivity contribution is 0.123. The maximum absolute atomic E-state index is 13.5. The molecule has 0 aliphatic carbocycles. The van der Waals surface area contributed by atoms with Gasteiger partial charge in [0.25, 0.3) is 0 Å². The van der Waals surface area contributed by atoms with Gasteiger partial charge in [-0.15, -0.1) is 0 Å². The average molecular weight is 275 g/mol. The Morgan fingerprint density at radius 1 is 1.15 bits per heavy atom. The van der Waals surface area contributed by atoms with Crippen LogP contribution in [0.25, 0.3) is 0 Å². The van der Waals surface area contributed by atoms with Gasteiger partial charge in [-0.2, -0.15) is 0 Å². The van der Waals surface area contributed by atoms with Gasteiger partial charge in [0.05, 0.1) is 20.3 Å². The van der Waals surface area contributed by atoms with Crippen molar-refractivity contribution in [3.63, 3.8) is 0 Å².